The van der Waals surface area contributed by atoms with Crippen LogP contribution in [0.25, 0.3) is 0 Å². The second-order valence-electron chi connectivity index (χ2n) is 9.79. The van der Waals surface area contributed by atoms with E-state index in [0.717, 1.165) is 36.1 Å². The van der Waals surface area contributed by atoms with Crippen LogP contribution in [0.4, 0.5) is 5.69 Å². The van der Waals surface area contributed by atoms with E-state index in [0.29, 0.717) is 17.9 Å². The van der Waals surface area contributed by atoms with Crippen molar-refractivity contribution >= 4 is 24.2 Å². The predicted octanol–water partition coefficient (Wildman–Crippen LogP) is 2.51. The van der Waals surface area contributed by atoms with Crippen LogP contribution in [-0.2, 0) is 15.9 Å². The maximum absolute atomic E-state index is 12.8. The second kappa shape index (κ2) is 8.59. The highest BCUT2D eigenvalue weighted by atomic mass is 16.7. The van der Waals surface area contributed by atoms with E-state index in [9.17, 15) is 9.90 Å². The predicted molar refractivity (Wildman–Crippen MR) is 125 cm³/mol. The summed E-state index contributed by atoms with van der Waals surface area (Å²) in [5.41, 5.74) is 3.04. The molecule has 4 rings (SSSR count). The third kappa shape index (κ3) is 4.59. The van der Waals surface area contributed by atoms with Crippen LogP contribution in [0.15, 0.2) is 36.5 Å². The zero-order chi connectivity index (χ0) is 23.1. The number of aliphatic hydroxyl groups is 1. The molecule has 1 atom stereocenters. The fourth-order valence-corrected chi connectivity index (χ4v) is 4.07. The highest BCUT2D eigenvalue weighted by Gasteiger charge is 2.52. The minimum Gasteiger partial charge on any atom is -0.399 e. The monoisotopic (exact) mass is 437 g/mol. The van der Waals surface area contributed by atoms with Gasteiger partial charge in [-0.05, 0) is 69.8 Å². The van der Waals surface area contributed by atoms with E-state index in [1.165, 1.54) is 0 Å². The van der Waals surface area contributed by atoms with Gasteiger partial charge in [0, 0.05) is 31.5 Å². The average Bonchev–Trinajstić information content (AvgIpc) is 3.22. The van der Waals surface area contributed by atoms with Gasteiger partial charge in [-0.25, -0.2) is 0 Å². The second-order valence-corrected chi connectivity index (χ2v) is 9.79. The molecule has 1 aromatic carbocycles. The number of anilines is 1. The van der Waals surface area contributed by atoms with Crippen molar-refractivity contribution in [2.24, 2.45) is 0 Å². The van der Waals surface area contributed by atoms with E-state index >= 15 is 0 Å². The van der Waals surface area contributed by atoms with Gasteiger partial charge < -0.3 is 19.7 Å². The van der Waals surface area contributed by atoms with Gasteiger partial charge in [-0.2, -0.15) is 0 Å². The van der Waals surface area contributed by atoms with E-state index in [4.69, 9.17) is 9.31 Å². The van der Waals surface area contributed by atoms with Crippen LogP contribution >= 0.6 is 0 Å². The van der Waals surface area contributed by atoms with Gasteiger partial charge in [-0.15, -0.1) is 0 Å². The third-order valence-corrected chi connectivity index (χ3v) is 6.84. The first-order valence-electron chi connectivity index (χ1n) is 11.2. The number of carbonyl (C=O) groups excluding carboxylic acids is 1. The minimum absolute atomic E-state index is 0.246. The third-order valence-electron chi connectivity index (χ3n) is 6.84. The van der Waals surface area contributed by atoms with Gasteiger partial charge in [0.05, 0.1) is 17.3 Å². The van der Waals surface area contributed by atoms with Crippen molar-refractivity contribution in [1.29, 1.82) is 0 Å². The zero-order valence-corrected chi connectivity index (χ0v) is 19.5. The Labute approximate surface area is 190 Å². The highest BCUT2D eigenvalue weighted by molar-refractivity contribution is 6.62. The molecule has 2 aliphatic heterocycles. The van der Waals surface area contributed by atoms with Gasteiger partial charge in [0.25, 0.3) is 5.91 Å². The maximum atomic E-state index is 12.8. The van der Waals surface area contributed by atoms with Crippen molar-refractivity contribution in [2.75, 3.05) is 18.4 Å². The lowest BCUT2D eigenvalue weighted by Gasteiger charge is -2.32. The summed E-state index contributed by atoms with van der Waals surface area (Å²) in [6.07, 6.45) is 2.29. The first-order valence-corrected chi connectivity index (χ1v) is 11.2. The number of likely N-dealkylation sites (tertiary alicyclic amines) is 1. The molecular weight excluding hydrogens is 405 g/mol. The molecule has 0 saturated carbocycles. The van der Waals surface area contributed by atoms with E-state index in [1.807, 2.05) is 58.9 Å². The Hall–Kier alpha value is -2.26. The van der Waals surface area contributed by atoms with Crippen LogP contribution in [0.3, 0.4) is 0 Å². The molecule has 7 nitrogen and oxygen atoms in total. The number of amides is 1. The van der Waals surface area contributed by atoms with Crippen LogP contribution in [0.1, 0.15) is 55.7 Å². The van der Waals surface area contributed by atoms with Crippen LogP contribution in [0, 0.1) is 6.92 Å². The number of rotatable bonds is 5. The number of β-amino-alcohol motifs (C(OH)–C–C–N with tert-alkyl or cyclic N) is 1. The van der Waals surface area contributed by atoms with Crippen molar-refractivity contribution in [3.63, 3.8) is 0 Å². The summed E-state index contributed by atoms with van der Waals surface area (Å²) in [5, 5.41) is 12.6. The Morgan fingerprint density at radius 2 is 1.94 bits per heavy atom. The number of pyridine rings is 1. The molecule has 1 aromatic heterocycles. The zero-order valence-electron chi connectivity index (χ0n) is 19.5. The van der Waals surface area contributed by atoms with Crippen LogP contribution < -0.4 is 10.8 Å². The fourth-order valence-electron chi connectivity index (χ4n) is 4.07. The molecule has 2 saturated heterocycles. The van der Waals surface area contributed by atoms with E-state index in [-0.39, 0.29) is 12.0 Å². The fraction of sp³-hybridized carbons (Fsp3) is 0.500. The van der Waals surface area contributed by atoms with Crippen LogP contribution in [-0.4, -0.2) is 58.4 Å². The van der Waals surface area contributed by atoms with Gasteiger partial charge in [-0.1, -0.05) is 18.2 Å². The molecule has 2 fully saturated rings. The van der Waals surface area contributed by atoms with Gasteiger partial charge in [0.15, 0.2) is 0 Å². The van der Waals surface area contributed by atoms with Crippen molar-refractivity contribution in [2.45, 2.75) is 64.9 Å². The molecule has 0 aliphatic carbocycles. The smallest absolute Gasteiger partial charge is 0.399 e. The lowest BCUT2D eigenvalue weighted by molar-refractivity contribution is 0.00578. The number of aromatic nitrogens is 1. The van der Waals surface area contributed by atoms with E-state index in [1.54, 1.807) is 12.3 Å². The van der Waals surface area contributed by atoms with Gasteiger partial charge in [0.1, 0.15) is 5.69 Å². The largest absolute Gasteiger partial charge is 0.495 e. The van der Waals surface area contributed by atoms with Crippen molar-refractivity contribution in [3.8, 4) is 0 Å². The van der Waals surface area contributed by atoms with Crippen molar-refractivity contribution in [3.05, 3.63) is 53.3 Å². The molecule has 170 valence electrons. The quantitative estimate of drug-likeness (QED) is 0.700. The van der Waals surface area contributed by atoms with Gasteiger partial charge >= 0.3 is 7.12 Å². The number of aliphatic hydroxyl groups excluding tert-OH is 1. The first kappa shape index (κ1) is 22.9. The number of hydrogen-bond donors (Lipinski definition) is 2. The Bertz CT molecular complexity index is 977. The summed E-state index contributed by atoms with van der Waals surface area (Å²) >= 11 is 0. The molecule has 1 unspecified atom stereocenters. The number of benzene rings is 1. The summed E-state index contributed by atoms with van der Waals surface area (Å²) in [5.74, 6) is -0.262. The van der Waals surface area contributed by atoms with Crippen LogP contribution in [0.2, 0.25) is 0 Å². The van der Waals surface area contributed by atoms with Gasteiger partial charge in [0.2, 0.25) is 0 Å². The van der Waals surface area contributed by atoms with E-state index < -0.39 is 18.3 Å². The number of nitrogens with one attached hydrogen (secondary N) is 1. The summed E-state index contributed by atoms with van der Waals surface area (Å²) in [6, 6.07) is 9.39. The molecule has 8 heteroatoms. The number of carbonyl (C=O) groups is 1. The lowest BCUT2D eigenvalue weighted by atomic mass is 9.76. The number of nitrogens with zero attached hydrogens (tertiary/aromatic N) is 2. The lowest BCUT2D eigenvalue weighted by Crippen LogP contribution is -2.41. The maximum Gasteiger partial charge on any atom is 0.495 e. The molecule has 3 heterocycles. The van der Waals surface area contributed by atoms with Crippen molar-refractivity contribution < 1.29 is 19.2 Å². The summed E-state index contributed by atoms with van der Waals surface area (Å²) < 4.78 is 12.4. The molecule has 2 aliphatic rings. The minimum atomic E-state index is -0.488. The molecule has 32 heavy (non-hydrogen) atoms. The molecule has 0 spiro atoms. The standard InChI is InChI=1S/C24H32BN3O4/c1-16-19(25-31-23(2,3)24(4,5)32-25)7-6-8-20(16)27-22(30)21-10-9-17(13-26-21)14-28-12-11-18(29)15-28/h6-10,13,18,29H,11-12,14-15H2,1-5H3,(H,27,30). The first-order chi connectivity index (χ1) is 15.1. The summed E-state index contributed by atoms with van der Waals surface area (Å²) in [4.78, 5) is 19.4. The topological polar surface area (TPSA) is 83.9 Å². The van der Waals surface area contributed by atoms with Crippen LogP contribution in [0.5, 0.6) is 0 Å². The molecular formula is C24H32BN3O4. The Kier molecular flexibility index (Phi) is 6.16. The Morgan fingerprint density at radius 3 is 2.53 bits per heavy atom. The highest BCUT2D eigenvalue weighted by Crippen LogP contribution is 2.37. The summed E-state index contributed by atoms with van der Waals surface area (Å²) in [7, 11) is -0.488. The van der Waals surface area contributed by atoms with Crippen molar-refractivity contribution in [1.82, 2.24) is 9.88 Å². The normalized spacial score (nSPS) is 22.3. The SMILES string of the molecule is Cc1c(NC(=O)c2ccc(CN3CCC(O)C3)cn2)cccc1B1OC(C)(C)C(C)(C)O1. The molecule has 0 bridgehead atoms. The van der Waals surface area contributed by atoms with Gasteiger partial charge in [-0.3, -0.25) is 14.7 Å². The van der Waals surface area contributed by atoms with E-state index in [2.05, 4.69) is 15.2 Å². The Morgan fingerprint density at radius 1 is 1.22 bits per heavy atom. The average molecular weight is 437 g/mol. The summed E-state index contributed by atoms with van der Waals surface area (Å²) in [6.45, 7) is 12.3. The number of hydrogen-bond acceptors (Lipinski definition) is 6. The molecule has 0 radical (unpaired) electrons. The Balaban J connectivity index is 1.44. The molecule has 2 aromatic rings. The molecule has 2 N–H and O–H groups in total. The molecule has 1 amide bonds.